The third-order valence-corrected chi connectivity index (χ3v) is 5.61. The maximum absolute atomic E-state index is 2.42. The second kappa shape index (κ2) is 7.46. The zero-order chi connectivity index (χ0) is 18.0. The van der Waals surface area contributed by atoms with Gasteiger partial charge in [-0.2, -0.15) is 0 Å². The Bertz CT molecular complexity index is 859. The van der Waals surface area contributed by atoms with Crippen LogP contribution in [0, 0.1) is 3.57 Å². The molecule has 0 aromatic heterocycles. The first-order valence-electron chi connectivity index (χ1n) is 8.79. The lowest BCUT2D eigenvalue weighted by atomic mass is 9.87. The Kier molecular flexibility index (Phi) is 5.49. The van der Waals surface area contributed by atoms with Crippen molar-refractivity contribution in [2.45, 2.75) is 39.3 Å². The minimum absolute atomic E-state index is 0.213. The molecule has 3 aromatic carbocycles. The predicted molar refractivity (Wildman–Crippen MR) is 117 cm³/mol. The summed E-state index contributed by atoms with van der Waals surface area (Å²) in [5.41, 5.74) is 4.36. The fourth-order valence-corrected chi connectivity index (χ4v) is 3.88. The summed E-state index contributed by atoms with van der Waals surface area (Å²) in [7, 11) is 2.20. The zero-order valence-electron chi connectivity index (χ0n) is 15.5. The molecule has 0 aliphatic rings. The van der Waals surface area contributed by atoms with Gasteiger partial charge >= 0.3 is 0 Å². The average Bonchev–Trinajstić information content (AvgIpc) is 2.57. The van der Waals surface area contributed by atoms with Gasteiger partial charge in [0.15, 0.2) is 0 Å². The number of fused-ring (bicyclic) bond motifs is 1. The zero-order valence-corrected chi connectivity index (χ0v) is 17.7. The molecule has 0 fully saturated rings. The van der Waals surface area contributed by atoms with E-state index in [1.165, 1.54) is 31.0 Å². The highest BCUT2D eigenvalue weighted by Gasteiger charge is 2.13. The summed E-state index contributed by atoms with van der Waals surface area (Å²) in [6.07, 6.45) is 0. The largest absolute Gasteiger partial charge is 0.298 e. The molecule has 0 bridgehead atoms. The summed E-state index contributed by atoms with van der Waals surface area (Å²) in [4.78, 5) is 2.39. The van der Waals surface area contributed by atoms with E-state index in [4.69, 9.17) is 0 Å². The molecule has 2 heteroatoms. The molecular weight excluding hydrogens is 417 g/mol. The molecule has 0 heterocycles. The van der Waals surface area contributed by atoms with Crippen LogP contribution in [0.1, 0.15) is 37.5 Å². The molecule has 0 spiro atoms. The number of benzene rings is 3. The van der Waals surface area contributed by atoms with Gasteiger partial charge in [-0.25, -0.2) is 0 Å². The number of halogens is 1. The Labute approximate surface area is 165 Å². The van der Waals surface area contributed by atoms with Gasteiger partial charge in [0, 0.05) is 16.7 Å². The number of nitrogens with zero attached hydrogens (tertiary/aromatic N) is 1. The van der Waals surface area contributed by atoms with Gasteiger partial charge in [0.1, 0.15) is 0 Å². The fraction of sp³-hybridized carbons (Fsp3) is 0.304. The van der Waals surface area contributed by atoms with Crippen LogP contribution < -0.4 is 0 Å². The van der Waals surface area contributed by atoms with Gasteiger partial charge in [-0.05, 0) is 68.6 Å². The Morgan fingerprint density at radius 1 is 0.800 bits per heavy atom. The summed E-state index contributed by atoms with van der Waals surface area (Å²) in [6.45, 7) is 8.70. The summed E-state index contributed by atoms with van der Waals surface area (Å²) in [6, 6.07) is 22.3. The molecule has 0 saturated carbocycles. The monoisotopic (exact) mass is 443 g/mol. The maximum atomic E-state index is 2.42. The highest BCUT2D eigenvalue weighted by atomic mass is 127. The molecule has 0 aliphatic carbocycles. The van der Waals surface area contributed by atoms with Crippen LogP contribution in [0.25, 0.3) is 10.8 Å². The third kappa shape index (κ3) is 4.42. The lowest BCUT2D eigenvalue weighted by Gasteiger charge is -2.21. The van der Waals surface area contributed by atoms with Crippen LogP contribution in [0.15, 0.2) is 60.7 Å². The van der Waals surface area contributed by atoms with Crippen LogP contribution in [-0.2, 0) is 18.5 Å². The first kappa shape index (κ1) is 18.4. The molecule has 25 heavy (non-hydrogen) atoms. The SMILES string of the molecule is CN(Cc1ccc(C(C)(C)C)cc1)Cc1ccc(I)c2ccccc12. The van der Waals surface area contributed by atoms with Crippen molar-refractivity contribution in [2.75, 3.05) is 7.05 Å². The molecule has 0 unspecified atom stereocenters. The smallest absolute Gasteiger partial charge is 0.0240 e. The van der Waals surface area contributed by atoms with Crippen LogP contribution in [-0.4, -0.2) is 11.9 Å². The Hall–Kier alpha value is -1.39. The van der Waals surface area contributed by atoms with E-state index in [2.05, 4.69) is 116 Å². The number of rotatable bonds is 4. The molecule has 3 aromatic rings. The molecule has 0 radical (unpaired) electrons. The molecule has 1 nitrogen and oxygen atoms in total. The minimum Gasteiger partial charge on any atom is -0.298 e. The van der Waals surface area contributed by atoms with E-state index >= 15 is 0 Å². The van der Waals surface area contributed by atoms with Crippen LogP contribution in [0.3, 0.4) is 0 Å². The summed E-state index contributed by atoms with van der Waals surface area (Å²) in [5, 5.41) is 2.72. The van der Waals surface area contributed by atoms with Gasteiger partial charge in [0.2, 0.25) is 0 Å². The van der Waals surface area contributed by atoms with E-state index in [0.29, 0.717) is 0 Å². The van der Waals surface area contributed by atoms with Gasteiger partial charge in [0.25, 0.3) is 0 Å². The third-order valence-electron chi connectivity index (χ3n) is 4.67. The predicted octanol–water partition coefficient (Wildman–Crippen LogP) is 6.37. The van der Waals surface area contributed by atoms with Gasteiger partial charge in [-0.1, -0.05) is 75.4 Å². The van der Waals surface area contributed by atoms with Crippen LogP contribution >= 0.6 is 22.6 Å². The highest BCUT2D eigenvalue weighted by molar-refractivity contribution is 14.1. The molecule has 0 amide bonds. The standard InChI is InChI=1S/C23H26IN/c1-23(2,3)19-12-9-17(10-13-19)15-25(4)16-18-11-14-22(24)21-8-6-5-7-20(18)21/h5-14H,15-16H2,1-4H3. The molecule has 0 aliphatic heterocycles. The van der Waals surface area contributed by atoms with E-state index in [9.17, 15) is 0 Å². The average molecular weight is 443 g/mol. The Morgan fingerprint density at radius 3 is 2.08 bits per heavy atom. The molecule has 0 saturated heterocycles. The van der Waals surface area contributed by atoms with E-state index in [1.54, 1.807) is 0 Å². The van der Waals surface area contributed by atoms with Gasteiger partial charge in [0.05, 0.1) is 0 Å². The fourth-order valence-electron chi connectivity index (χ4n) is 3.23. The topological polar surface area (TPSA) is 3.24 Å². The second-order valence-electron chi connectivity index (χ2n) is 7.87. The quantitative estimate of drug-likeness (QED) is 0.424. The van der Waals surface area contributed by atoms with Crippen molar-refractivity contribution in [3.05, 3.63) is 80.9 Å². The minimum atomic E-state index is 0.213. The maximum Gasteiger partial charge on any atom is 0.0240 e. The van der Waals surface area contributed by atoms with Crippen molar-refractivity contribution in [1.29, 1.82) is 0 Å². The van der Waals surface area contributed by atoms with Crippen LogP contribution in [0.4, 0.5) is 0 Å². The lowest BCUT2D eigenvalue weighted by molar-refractivity contribution is 0.320. The lowest BCUT2D eigenvalue weighted by Crippen LogP contribution is -2.18. The summed E-state index contributed by atoms with van der Waals surface area (Å²) >= 11 is 2.42. The van der Waals surface area contributed by atoms with Crippen molar-refractivity contribution < 1.29 is 0 Å². The van der Waals surface area contributed by atoms with Crippen molar-refractivity contribution >= 4 is 33.4 Å². The Balaban J connectivity index is 1.75. The van der Waals surface area contributed by atoms with Crippen molar-refractivity contribution in [1.82, 2.24) is 4.90 Å². The molecular formula is C23H26IN. The van der Waals surface area contributed by atoms with E-state index < -0.39 is 0 Å². The van der Waals surface area contributed by atoms with Gasteiger partial charge < -0.3 is 0 Å². The van der Waals surface area contributed by atoms with Crippen LogP contribution in [0.2, 0.25) is 0 Å². The Morgan fingerprint density at radius 2 is 1.44 bits per heavy atom. The first-order chi connectivity index (χ1) is 11.8. The second-order valence-corrected chi connectivity index (χ2v) is 9.03. The van der Waals surface area contributed by atoms with Gasteiger partial charge in [-0.3, -0.25) is 4.90 Å². The van der Waals surface area contributed by atoms with E-state index in [-0.39, 0.29) is 5.41 Å². The summed E-state index contributed by atoms with van der Waals surface area (Å²) < 4.78 is 1.32. The summed E-state index contributed by atoms with van der Waals surface area (Å²) in [5.74, 6) is 0. The molecule has 130 valence electrons. The number of hydrogen-bond donors (Lipinski definition) is 0. The normalized spacial score (nSPS) is 12.1. The molecule has 3 rings (SSSR count). The van der Waals surface area contributed by atoms with Crippen LogP contribution in [0.5, 0.6) is 0 Å². The molecule has 0 N–H and O–H groups in total. The highest BCUT2D eigenvalue weighted by Crippen LogP contribution is 2.26. The van der Waals surface area contributed by atoms with E-state index in [1.807, 2.05) is 0 Å². The number of hydrogen-bond acceptors (Lipinski definition) is 1. The van der Waals surface area contributed by atoms with Gasteiger partial charge in [-0.15, -0.1) is 0 Å². The van der Waals surface area contributed by atoms with Crippen molar-refractivity contribution in [3.8, 4) is 0 Å². The molecule has 0 atom stereocenters. The van der Waals surface area contributed by atoms with E-state index in [0.717, 1.165) is 13.1 Å². The van der Waals surface area contributed by atoms with Crippen molar-refractivity contribution in [3.63, 3.8) is 0 Å². The van der Waals surface area contributed by atoms with Crippen molar-refractivity contribution in [2.24, 2.45) is 0 Å². The first-order valence-corrected chi connectivity index (χ1v) is 9.86.